The Morgan fingerprint density at radius 1 is 1.07 bits per heavy atom. The van der Waals surface area contributed by atoms with E-state index in [0.29, 0.717) is 11.5 Å². The van der Waals surface area contributed by atoms with Gasteiger partial charge in [-0.25, -0.2) is 0 Å². The average molecular weight is 199 g/mol. The predicted octanol–water partition coefficient (Wildman–Crippen LogP) is 2.53. The SMILES string of the molecule is CC(C)(C)C1COCCN1C(C)(C)C. The summed E-state index contributed by atoms with van der Waals surface area (Å²) in [5.74, 6) is 0. The van der Waals surface area contributed by atoms with E-state index in [1.54, 1.807) is 0 Å². The van der Waals surface area contributed by atoms with Crippen LogP contribution >= 0.6 is 0 Å². The molecule has 1 saturated heterocycles. The van der Waals surface area contributed by atoms with Gasteiger partial charge < -0.3 is 4.74 Å². The molecule has 14 heavy (non-hydrogen) atoms. The second-order valence-electron chi connectivity index (χ2n) is 6.32. The lowest BCUT2D eigenvalue weighted by atomic mass is 9.83. The molecule has 0 radical (unpaired) electrons. The highest BCUT2D eigenvalue weighted by atomic mass is 16.5. The normalized spacial score (nSPS) is 26.6. The third-order valence-electron chi connectivity index (χ3n) is 2.99. The molecule has 0 spiro atoms. The van der Waals surface area contributed by atoms with Gasteiger partial charge in [0.05, 0.1) is 13.2 Å². The van der Waals surface area contributed by atoms with E-state index in [1.165, 1.54) is 0 Å². The van der Waals surface area contributed by atoms with E-state index in [9.17, 15) is 0 Å². The molecule has 1 heterocycles. The first-order chi connectivity index (χ1) is 6.23. The number of hydrogen-bond acceptors (Lipinski definition) is 2. The minimum Gasteiger partial charge on any atom is -0.378 e. The van der Waals surface area contributed by atoms with Crippen molar-refractivity contribution in [3.63, 3.8) is 0 Å². The third kappa shape index (κ3) is 2.71. The molecular weight excluding hydrogens is 174 g/mol. The van der Waals surface area contributed by atoms with E-state index in [4.69, 9.17) is 4.74 Å². The van der Waals surface area contributed by atoms with Gasteiger partial charge in [-0.05, 0) is 26.2 Å². The standard InChI is InChI=1S/C12H25NO/c1-11(2,3)10-9-14-8-7-13(10)12(4,5)6/h10H,7-9H2,1-6H3. The fourth-order valence-corrected chi connectivity index (χ4v) is 2.12. The summed E-state index contributed by atoms with van der Waals surface area (Å²) in [6, 6.07) is 0.538. The second kappa shape index (κ2) is 3.82. The van der Waals surface area contributed by atoms with Crippen LogP contribution in [0.5, 0.6) is 0 Å². The number of morpholine rings is 1. The maximum absolute atomic E-state index is 5.59. The van der Waals surface area contributed by atoms with Crippen LogP contribution in [0.1, 0.15) is 41.5 Å². The van der Waals surface area contributed by atoms with Crippen molar-refractivity contribution in [1.29, 1.82) is 0 Å². The number of ether oxygens (including phenoxy) is 1. The number of rotatable bonds is 0. The fourth-order valence-electron chi connectivity index (χ4n) is 2.12. The van der Waals surface area contributed by atoms with E-state index in [-0.39, 0.29) is 5.54 Å². The molecule has 0 aliphatic carbocycles. The van der Waals surface area contributed by atoms with Crippen molar-refractivity contribution in [2.24, 2.45) is 5.41 Å². The summed E-state index contributed by atoms with van der Waals surface area (Å²) in [6.07, 6.45) is 0. The summed E-state index contributed by atoms with van der Waals surface area (Å²) in [7, 11) is 0. The Kier molecular flexibility index (Phi) is 3.27. The van der Waals surface area contributed by atoms with Crippen molar-refractivity contribution in [3.8, 4) is 0 Å². The van der Waals surface area contributed by atoms with Gasteiger partial charge in [-0.1, -0.05) is 20.8 Å². The van der Waals surface area contributed by atoms with Crippen LogP contribution in [0.4, 0.5) is 0 Å². The zero-order valence-electron chi connectivity index (χ0n) is 10.6. The summed E-state index contributed by atoms with van der Waals surface area (Å²) in [5.41, 5.74) is 0.551. The molecule has 84 valence electrons. The highest BCUT2D eigenvalue weighted by molar-refractivity contribution is 4.91. The van der Waals surface area contributed by atoms with Gasteiger partial charge in [0.2, 0.25) is 0 Å². The van der Waals surface area contributed by atoms with E-state index < -0.39 is 0 Å². The summed E-state index contributed by atoms with van der Waals surface area (Å²) in [6.45, 7) is 16.6. The summed E-state index contributed by atoms with van der Waals surface area (Å²) in [5, 5.41) is 0. The average Bonchev–Trinajstić information content (AvgIpc) is 2.01. The Hall–Kier alpha value is -0.0800. The zero-order chi connectivity index (χ0) is 11.0. The Balaban J connectivity index is 2.80. The highest BCUT2D eigenvalue weighted by Gasteiger charge is 2.38. The van der Waals surface area contributed by atoms with Crippen LogP contribution in [-0.2, 0) is 4.74 Å². The molecule has 0 amide bonds. The molecule has 1 atom stereocenters. The zero-order valence-corrected chi connectivity index (χ0v) is 10.6. The Labute approximate surface area is 88.6 Å². The van der Waals surface area contributed by atoms with Crippen molar-refractivity contribution in [2.45, 2.75) is 53.1 Å². The largest absolute Gasteiger partial charge is 0.378 e. The minimum atomic E-state index is 0.252. The highest BCUT2D eigenvalue weighted by Crippen LogP contribution is 2.31. The molecule has 0 aromatic rings. The van der Waals surface area contributed by atoms with Gasteiger partial charge in [0, 0.05) is 18.1 Å². The second-order valence-corrected chi connectivity index (χ2v) is 6.32. The van der Waals surface area contributed by atoms with E-state index in [2.05, 4.69) is 46.4 Å². The first-order valence-electron chi connectivity index (χ1n) is 5.57. The van der Waals surface area contributed by atoms with Crippen LogP contribution in [-0.4, -0.2) is 36.2 Å². The molecule has 1 rings (SSSR count). The lowest BCUT2D eigenvalue weighted by Crippen LogP contribution is -2.58. The molecule has 0 bridgehead atoms. The van der Waals surface area contributed by atoms with Gasteiger partial charge in [0.1, 0.15) is 0 Å². The van der Waals surface area contributed by atoms with E-state index >= 15 is 0 Å². The molecule has 0 aromatic carbocycles. The molecule has 0 saturated carbocycles. The molecule has 0 N–H and O–H groups in total. The molecule has 0 aromatic heterocycles. The quantitative estimate of drug-likeness (QED) is 0.594. The number of nitrogens with zero attached hydrogens (tertiary/aromatic N) is 1. The minimum absolute atomic E-state index is 0.252. The Morgan fingerprint density at radius 2 is 1.64 bits per heavy atom. The molecule has 2 heteroatoms. The van der Waals surface area contributed by atoms with Crippen LogP contribution in [0.15, 0.2) is 0 Å². The topological polar surface area (TPSA) is 12.5 Å². The molecule has 1 aliphatic heterocycles. The van der Waals surface area contributed by atoms with Crippen molar-refractivity contribution in [2.75, 3.05) is 19.8 Å². The first-order valence-corrected chi connectivity index (χ1v) is 5.57. The maximum atomic E-state index is 5.59. The summed E-state index contributed by atoms with van der Waals surface area (Å²) >= 11 is 0. The van der Waals surface area contributed by atoms with Gasteiger partial charge in [-0.15, -0.1) is 0 Å². The molecule has 1 fully saturated rings. The van der Waals surface area contributed by atoms with Crippen LogP contribution < -0.4 is 0 Å². The molecule has 1 aliphatic rings. The van der Waals surface area contributed by atoms with Crippen LogP contribution in [0.2, 0.25) is 0 Å². The van der Waals surface area contributed by atoms with Crippen LogP contribution in [0.3, 0.4) is 0 Å². The van der Waals surface area contributed by atoms with Crippen molar-refractivity contribution >= 4 is 0 Å². The molecule has 1 unspecified atom stereocenters. The summed E-state index contributed by atoms with van der Waals surface area (Å²) < 4.78 is 5.59. The molecular formula is C12H25NO. The Morgan fingerprint density at radius 3 is 2.00 bits per heavy atom. The lowest BCUT2D eigenvalue weighted by molar-refractivity contribution is -0.0856. The smallest absolute Gasteiger partial charge is 0.0627 e. The van der Waals surface area contributed by atoms with Crippen LogP contribution in [0, 0.1) is 5.41 Å². The lowest BCUT2D eigenvalue weighted by Gasteiger charge is -2.49. The van der Waals surface area contributed by atoms with E-state index in [0.717, 1.165) is 19.8 Å². The Bertz CT molecular complexity index is 165. The van der Waals surface area contributed by atoms with Gasteiger partial charge in [0.15, 0.2) is 0 Å². The number of hydrogen-bond donors (Lipinski definition) is 0. The predicted molar refractivity (Wildman–Crippen MR) is 60.5 cm³/mol. The van der Waals surface area contributed by atoms with Crippen molar-refractivity contribution in [1.82, 2.24) is 4.90 Å². The van der Waals surface area contributed by atoms with Gasteiger partial charge in [-0.2, -0.15) is 0 Å². The maximum Gasteiger partial charge on any atom is 0.0627 e. The van der Waals surface area contributed by atoms with Gasteiger partial charge in [0.25, 0.3) is 0 Å². The van der Waals surface area contributed by atoms with E-state index in [1.807, 2.05) is 0 Å². The third-order valence-corrected chi connectivity index (χ3v) is 2.99. The monoisotopic (exact) mass is 199 g/mol. The van der Waals surface area contributed by atoms with Crippen molar-refractivity contribution < 1.29 is 4.74 Å². The van der Waals surface area contributed by atoms with Crippen molar-refractivity contribution in [3.05, 3.63) is 0 Å². The van der Waals surface area contributed by atoms with Crippen LogP contribution in [0.25, 0.3) is 0 Å². The van der Waals surface area contributed by atoms with Gasteiger partial charge >= 0.3 is 0 Å². The first kappa shape index (κ1) is 12.0. The fraction of sp³-hybridized carbons (Fsp3) is 1.00. The van der Waals surface area contributed by atoms with Gasteiger partial charge in [-0.3, -0.25) is 4.90 Å². The molecule has 2 nitrogen and oxygen atoms in total. The summed E-state index contributed by atoms with van der Waals surface area (Å²) in [4.78, 5) is 2.58.